The average Bonchev–Trinajstić information content (AvgIpc) is 2.98. The van der Waals surface area contributed by atoms with Crippen LogP contribution in [0.2, 0.25) is 0 Å². The van der Waals surface area contributed by atoms with E-state index in [4.69, 9.17) is 0 Å². The summed E-state index contributed by atoms with van der Waals surface area (Å²) >= 11 is 3.51. The first-order valence-electron chi connectivity index (χ1n) is 14.2. The fourth-order valence-corrected chi connectivity index (χ4v) is 5.61. The minimum atomic E-state index is -0.298. The lowest BCUT2D eigenvalue weighted by Gasteiger charge is -2.40. The van der Waals surface area contributed by atoms with Gasteiger partial charge in [0.1, 0.15) is 5.82 Å². The first-order valence-corrected chi connectivity index (χ1v) is 15.0. The fourth-order valence-electron chi connectivity index (χ4n) is 5.34. The summed E-state index contributed by atoms with van der Waals surface area (Å²) in [5.41, 5.74) is 3.72. The van der Waals surface area contributed by atoms with E-state index in [1.165, 1.54) is 17.7 Å². The van der Waals surface area contributed by atoms with Crippen LogP contribution in [-0.2, 0) is 24.4 Å². The number of nitrogens with zero attached hydrogens (tertiary/aromatic N) is 2. The lowest BCUT2D eigenvalue weighted by atomic mass is 9.96. The molecule has 1 N–H and O–H groups in total. The second-order valence-electron chi connectivity index (χ2n) is 10.6. The highest BCUT2D eigenvalue weighted by molar-refractivity contribution is 9.10. The van der Waals surface area contributed by atoms with Crippen LogP contribution in [0, 0.1) is 11.7 Å². The Balaban J connectivity index is 1.38. The Morgan fingerprint density at radius 2 is 1.48 bits per heavy atom. The molecule has 0 bridgehead atoms. The number of hydrogen-bond donors (Lipinski definition) is 1. The zero-order valence-corrected chi connectivity index (χ0v) is 25.0. The number of likely N-dealkylation sites (tertiary alicyclic amines) is 1. The molecule has 4 rings (SSSR count). The van der Waals surface area contributed by atoms with Gasteiger partial charge < -0.3 is 10.2 Å². The molecule has 2 amide bonds. The van der Waals surface area contributed by atoms with E-state index in [0.717, 1.165) is 60.9 Å². The van der Waals surface area contributed by atoms with E-state index in [-0.39, 0.29) is 29.6 Å². The predicted octanol–water partition coefficient (Wildman–Crippen LogP) is 6.95. The number of rotatable bonds is 11. The van der Waals surface area contributed by atoms with Crippen LogP contribution in [0.5, 0.6) is 0 Å². The molecule has 0 spiro atoms. The van der Waals surface area contributed by atoms with Gasteiger partial charge in [-0.25, -0.2) is 4.39 Å². The van der Waals surface area contributed by atoms with E-state index < -0.39 is 0 Å². The van der Waals surface area contributed by atoms with Crippen LogP contribution in [0.15, 0.2) is 77.3 Å². The number of carbonyl (C=O) groups is 2. The molecule has 0 aliphatic carbocycles. The highest BCUT2D eigenvalue weighted by Crippen LogP contribution is 2.25. The van der Waals surface area contributed by atoms with Crippen molar-refractivity contribution >= 4 is 27.7 Å². The third-order valence-corrected chi connectivity index (χ3v) is 8.40. The van der Waals surface area contributed by atoms with Gasteiger partial charge in [-0.05, 0) is 78.8 Å². The molecule has 0 aromatic heterocycles. The fraction of sp³-hybridized carbons (Fsp3) is 0.394. The minimum Gasteiger partial charge on any atom is -0.348 e. The molecule has 1 aliphatic rings. The Kier molecular flexibility index (Phi) is 10.9. The second-order valence-corrected chi connectivity index (χ2v) is 11.5. The average molecular weight is 609 g/mol. The number of piperidine rings is 1. The molecule has 3 aromatic carbocycles. The molecular weight excluding hydrogens is 569 g/mol. The predicted molar refractivity (Wildman–Crippen MR) is 161 cm³/mol. The number of carbonyl (C=O) groups excluding carboxylic acids is 2. The number of hydrogen-bond acceptors (Lipinski definition) is 3. The van der Waals surface area contributed by atoms with Gasteiger partial charge in [0.05, 0.1) is 0 Å². The van der Waals surface area contributed by atoms with Gasteiger partial charge in [0.15, 0.2) is 0 Å². The molecular formula is C33H39BrFN3O2. The maximum atomic E-state index is 13.6. The molecule has 3 aromatic rings. The summed E-state index contributed by atoms with van der Waals surface area (Å²) in [6.45, 7) is 7.89. The lowest BCUT2D eigenvalue weighted by Crippen LogP contribution is -2.48. The van der Waals surface area contributed by atoms with Crippen molar-refractivity contribution in [3.63, 3.8) is 0 Å². The maximum absolute atomic E-state index is 13.6. The summed E-state index contributed by atoms with van der Waals surface area (Å²) < 4.78 is 14.2. The van der Waals surface area contributed by atoms with Crippen LogP contribution in [0.4, 0.5) is 4.39 Å². The van der Waals surface area contributed by atoms with Gasteiger partial charge in [-0.3, -0.25) is 14.5 Å². The molecule has 40 heavy (non-hydrogen) atoms. The largest absolute Gasteiger partial charge is 0.348 e. The molecule has 0 unspecified atom stereocenters. The maximum Gasteiger partial charge on any atom is 0.251 e. The van der Waals surface area contributed by atoms with E-state index in [0.29, 0.717) is 18.7 Å². The molecule has 1 heterocycles. The Labute approximate surface area is 245 Å². The number of amides is 2. The molecule has 7 heteroatoms. The topological polar surface area (TPSA) is 52.7 Å². The number of benzene rings is 3. The molecule has 0 radical (unpaired) electrons. The van der Waals surface area contributed by atoms with Crippen molar-refractivity contribution in [2.24, 2.45) is 5.92 Å². The quantitative estimate of drug-likeness (QED) is 0.257. The summed E-state index contributed by atoms with van der Waals surface area (Å²) in [5, 5.41) is 2.89. The van der Waals surface area contributed by atoms with Gasteiger partial charge in [0.25, 0.3) is 5.91 Å². The van der Waals surface area contributed by atoms with Crippen molar-refractivity contribution in [2.45, 2.75) is 65.2 Å². The summed E-state index contributed by atoms with van der Waals surface area (Å²) in [6, 6.07) is 22.3. The van der Waals surface area contributed by atoms with Crippen LogP contribution in [0.25, 0.3) is 0 Å². The Hall–Kier alpha value is -3.03. The van der Waals surface area contributed by atoms with E-state index >= 15 is 0 Å². The molecule has 5 nitrogen and oxygen atoms in total. The summed E-state index contributed by atoms with van der Waals surface area (Å²) in [7, 11) is 0. The van der Waals surface area contributed by atoms with E-state index in [1.807, 2.05) is 24.3 Å². The Morgan fingerprint density at radius 3 is 2.08 bits per heavy atom. The van der Waals surface area contributed by atoms with Gasteiger partial charge in [-0.15, -0.1) is 0 Å². The first-order chi connectivity index (χ1) is 19.4. The standard InChI is InChI=1S/C33H39BrFN3O2/c1-3-27(4-2)33(40)38(31-17-19-37(20-18-31)22-25-7-13-29(34)14-8-25)23-26-5-11-28(12-6-26)32(39)36-21-24-9-15-30(35)16-10-24/h5-16,27,31H,3-4,17-23H2,1-2H3,(H,36,39). The molecule has 0 atom stereocenters. The summed E-state index contributed by atoms with van der Waals surface area (Å²) in [4.78, 5) is 30.9. The normalized spacial score (nSPS) is 14.3. The Morgan fingerprint density at radius 1 is 0.900 bits per heavy atom. The number of nitrogens with one attached hydrogen (secondary N) is 1. The van der Waals surface area contributed by atoms with Crippen molar-refractivity contribution in [1.82, 2.24) is 15.1 Å². The zero-order chi connectivity index (χ0) is 28.5. The molecule has 212 valence electrons. The highest BCUT2D eigenvalue weighted by atomic mass is 79.9. The van der Waals surface area contributed by atoms with Gasteiger partial charge in [-0.1, -0.05) is 66.2 Å². The Bertz CT molecular complexity index is 1240. The zero-order valence-electron chi connectivity index (χ0n) is 23.4. The van der Waals surface area contributed by atoms with Gasteiger partial charge >= 0.3 is 0 Å². The van der Waals surface area contributed by atoms with Crippen molar-refractivity contribution in [2.75, 3.05) is 13.1 Å². The van der Waals surface area contributed by atoms with Gasteiger partial charge in [0.2, 0.25) is 5.91 Å². The van der Waals surface area contributed by atoms with Crippen LogP contribution >= 0.6 is 15.9 Å². The molecule has 1 fully saturated rings. The number of halogens is 2. The monoisotopic (exact) mass is 607 g/mol. The summed E-state index contributed by atoms with van der Waals surface area (Å²) in [5.74, 6) is -0.220. The molecule has 1 aliphatic heterocycles. The van der Waals surface area contributed by atoms with Crippen molar-refractivity contribution in [3.8, 4) is 0 Å². The van der Waals surface area contributed by atoms with E-state index in [9.17, 15) is 14.0 Å². The van der Waals surface area contributed by atoms with Crippen molar-refractivity contribution in [1.29, 1.82) is 0 Å². The van der Waals surface area contributed by atoms with Crippen LogP contribution in [0.1, 0.15) is 66.6 Å². The first kappa shape index (κ1) is 29.9. The molecule has 1 saturated heterocycles. The van der Waals surface area contributed by atoms with E-state index in [1.54, 1.807) is 12.1 Å². The second kappa shape index (κ2) is 14.6. The molecule has 0 saturated carbocycles. The summed E-state index contributed by atoms with van der Waals surface area (Å²) in [6.07, 6.45) is 3.57. The third kappa shape index (κ3) is 8.24. The highest BCUT2D eigenvalue weighted by Gasteiger charge is 2.31. The van der Waals surface area contributed by atoms with Crippen LogP contribution in [0.3, 0.4) is 0 Å². The smallest absolute Gasteiger partial charge is 0.251 e. The van der Waals surface area contributed by atoms with Crippen LogP contribution in [-0.4, -0.2) is 40.7 Å². The van der Waals surface area contributed by atoms with E-state index in [2.05, 4.69) is 69.2 Å². The minimum absolute atomic E-state index is 0.0253. The third-order valence-electron chi connectivity index (χ3n) is 7.87. The van der Waals surface area contributed by atoms with Crippen molar-refractivity contribution < 1.29 is 14.0 Å². The van der Waals surface area contributed by atoms with Gasteiger partial charge in [-0.2, -0.15) is 0 Å². The SMILES string of the molecule is CCC(CC)C(=O)N(Cc1ccc(C(=O)NCc2ccc(F)cc2)cc1)C1CCN(Cc2ccc(Br)cc2)CC1. The van der Waals surface area contributed by atoms with Crippen LogP contribution < -0.4 is 5.32 Å². The van der Waals surface area contributed by atoms with Gasteiger partial charge in [0, 0.05) is 54.7 Å². The lowest BCUT2D eigenvalue weighted by molar-refractivity contribution is -0.140. The van der Waals surface area contributed by atoms with Crippen molar-refractivity contribution in [3.05, 3.63) is 105 Å².